The maximum absolute atomic E-state index is 12.4. The van der Waals surface area contributed by atoms with E-state index < -0.39 is 0 Å². The van der Waals surface area contributed by atoms with Crippen molar-refractivity contribution in [3.63, 3.8) is 0 Å². The average Bonchev–Trinajstić information content (AvgIpc) is 2.82. The number of carbonyl (C=O) groups excluding carboxylic acids is 2. The molecule has 0 spiro atoms. The van der Waals surface area contributed by atoms with E-state index >= 15 is 0 Å². The van der Waals surface area contributed by atoms with Crippen LogP contribution in [-0.2, 0) is 16.0 Å². The number of hydrogen-bond acceptors (Lipinski definition) is 5. The normalized spacial score (nSPS) is 13.5. The Morgan fingerprint density at radius 1 is 1.06 bits per heavy atom. The molecule has 2 aromatic carbocycles. The zero-order chi connectivity index (χ0) is 22.9. The van der Waals surface area contributed by atoms with Crippen LogP contribution in [0.2, 0.25) is 0 Å². The summed E-state index contributed by atoms with van der Waals surface area (Å²) in [5.41, 5.74) is 3.65. The zero-order valence-electron chi connectivity index (χ0n) is 19.0. The number of amides is 2. The number of methoxy groups -OCH3 is 2. The molecule has 0 unspecified atom stereocenters. The lowest BCUT2D eigenvalue weighted by molar-refractivity contribution is -0.131. The molecule has 32 heavy (non-hydrogen) atoms. The number of rotatable bonds is 10. The van der Waals surface area contributed by atoms with E-state index in [9.17, 15) is 9.59 Å². The molecule has 2 amide bonds. The van der Waals surface area contributed by atoms with Crippen LogP contribution in [0, 0.1) is 0 Å². The molecule has 0 aromatic heterocycles. The third kappa shape index (κ3) is 6.09. The Morgan fingerprint density at radius 3 is 2.50 bits per heavy atom. The minimum absolute atomic E-state index is 0.0223. The first kappa shape index (κ1) is 23.3. The van der Waals surface area contributed by atoms with Crippen LogP contribution in [0.1, 0.15) is 50.2 Å². The number of anilines is 1. The van der Waals surface area contributed by atoms with E-state index in [2.05, 4.69) is 17.3 Å². The zero-order valence-corrected chi connectivity index (χ0v) is 19.0. The maximum atomic E-state index is 12.4. The summed E-state index contributed by atoms with van der Waals surface area (Å²) in [4.78, 5) is 24.3. The Kier molecular flexibility index (Phi) is 8.25. The van der Waals surface area contributed by atoms with Gasteiger partial charge in [0.2, 0.25) is 11.8 Å². The maximum Gasteiger partial charge on any atom is 0.243 e. The number of hydrazone groups is 1. The molecule has 7 heteroatoms. The van der Waals surface area contributed by atoms with Gasteiger partial charge in [-0.3, -0.25) is 9.59 Å². The van der Waals surface area contributed by atoms with E-state index in [-0.39, 0.29) is 11.8 Å². The third-order valence-electron chi connectivity index (χ3n) is 5.43. The summed E-state index contributed by atoms with van der Waals surface area (Å²) in [5, 5.41) is 9.08. The smallest absolute Gasteiger partial charge is 0.243 e. The summed E-state index contributed by atoms with van der Waals surface area (Å²) < 4.78 is 10.7. The summed E-state index contributed by atoms with van der Waals surface area (Å²) >= 11 is 0. The molecular weight excluding hydrogens is 406 g/mol. The molecule has 2 aromatic rings. The van der Waals surface area contributed by atoms with Crippen molar-refractivity contribution >= 4 is 23.2 Å². The number of hydrogen-bond donors (Lipinski definition) is 1. The van der Waals surface area contributed by atoms with E-state index in [1.165, 1.54) is 0 Å². The van der Waals surface area contributed by atoms with Crippen molar-refractivity contribution in [1.82, 2.24) is 5.01 Å². The number of ether oxygens (including phenoxy) is 2. The molecule has 0 aliphatic carbocycles. The van der Waals surface area contributed by atoms with Crippen LogP contribution in [-0.4, -0.2) is 43.3 Å². The van der Waals surface area contributed by atoms with Crippen molar-refractivity contribution in [3.8, 4) is 11.5 Å². The van der Waals surface area contributed by atoms with Crippen molar-refractivity contribution in [2.24, 2.45) is 5.10 Å². The summed E-state index contributed by atoms with van der Waals surface area (Å²) in [6.45, 7) is 2.56. The van der Waals surface area contributed by atoms with Gasteiger partial charge >= 0.3 is 0 Å². The number of unbranched alkanes of at least 4 members (excludes halogenated alkanes) is 1. The highest BCUT2D eigenvalue weighted by Crippen LogP contribution is 2.29. The highest BCUT2D eigenvalue weighted by molar-refractivity contribution is 6.04. The lowest BCUT2D eigenvalue weighted by Crippen LogP contribution is -2.33. The van der Waals surface area contributed by atoms with Crippen LogP contribution in [0.4, 0.5) is 5.69 Å². The second-order valence-corrected chi connectivity index (χ2v) is 7.73. The van der Waals surface area contributed by atoms with Crippen LogP contribution < -0.4 is 14.8 Å². The van der Waals surface area contributed by atoms with Gasteiger partial charge in [-0.05, 0) is 48.7 Å². The highest BCUT2D eigenvalue weighted by atomic mass is 16.5. The Bertz CT molecular complexity index is 970. The molecule has 0 radical (unpaired) electrons. The minimum Gasteiger partial charge on any atom is -0.493 e. The SMILES string of the molecule is CCCCC(=O)Nc1ccc(CCN2N=C(c3ccc(OC)c(OC)c3)CCC2=O)cc1. The van der Waals surface area contributed by atoms with Gasteiger partial charge in [0.25, 0.3) is 0 Å². The lowest BCUT2D eigenvalue weighted by Gasteiger charge is -2.24. The summed E-state index contributed by atoms with van der Waals surface area (Å²) in [5.74, 6) is 1.35. The molecule has 170 valence electrons. The molecule has 0 fully saturated rings. The molecule has 7 nitrogen and oxygen atoms in total. The molecule has 1 aliphatic heterocycles. The second kappa shape index (κ2) is 11.3. The Balaban J connectivity index is 1.63. The first-order valence-electron chi connectivity index (χ1n) is 11.0. The van der Waals surface area contributed by atoms with Gasteiger partial charge in [0.05, 0.1) is 19.9 Å². The molecule has 0 saturated heterocycles. The van der Waals surface area contributed by atoms with Crippen LogP contribution in [0.3, 0.4) is 0 Å². The van der Waals surface area contributed by atoms with E-state index in [0.717, 1.165) is 35.4 Å². The fraction of sp³-hybridized carbons (Fsp3) is 0.400. The quantitative estimate of drug-likeness (QED) is 0.597. The fourth-order valence-electron chi connectivity index (χ4n) is 3.55. The second-order valence-electron chi connectivity index (χ2n) is 7.73. The fourth-order valence-corrected chi connectivity index (χ4v) is 3.55. The van der Waals surface area contributed by atoms with Gasteiger partial charge in [-0.15, -0.1) is 0 Å². The third-order valence-corrected chi connectivity index (χ3v) is 5.43. The van der Waals surface area contributed by atoms with Gasteiger partial charge in [-0.1, -0.05) is 25.5 Å². The minimum atomic E-state index is 0.0223. The van der Waals surface area contributed by atoms with Gasteiger partial charge in [0.15, 0.2) is 11.5 Å². The predicted octanol–water partition coefficient (Wildman–Crippen LogP) is 4.40. The van der Waals surface area contributed by atoms with Gasteiger partial charge in [-0.2, -0.15) is 5.10 Å². The monoisotopic (exact) mass is 437 g/mol. The Hall–Kier alpha value is -3.35. The van der Waals surface area contributed by atoms with E-state index in [4.69, 9.17) is 9.47 Å². The Morgan fingerprint density at radius 2 is 1.81 bits per heavy atom. The highest BCUT2D eigenvalue weighted by Gasteiger charge is 2.22. The van der Waals surface area contributed by atoms with Crippen LogP contribution in [0.15, 0.2) is 47.6 Å². The van der Waals surface area contributed by atoms with Gasteiger partial charge in [-0.25, -0.2) is 5.01 Å². The molecule has 0 bridgehead atoms. The average molecular weight is 438 g/mol. The van der Waals surface area contributed by atoms with Crippen molar-refractivity contribution in [3.05, 3.63) is 53.6 Å². The molecule has 1 heterocycles. The standard InChI is InChI=1S/C25H31N3O4/c1-4-5-6-24(29)26-20-10-7-18(8-11-20)15-16-28-25(30)14-12-21(27-28)19-9-13-22(31-2)23(17-19)32-3/h7-11,13,17H,4-6,12,14-16H2,1-3H3,(H,26,29). The van der Waals surface area contributed by atoms with E-state index in [0.29, 0.717) is 43.7 Å². The topological polar surface area (TPSA) is 80.2 Å². The first-order valence-corrected chi connectivity index (χ1v) is 11.0. The van der Waals surface area contributed by atoms with Gasteiger partial charge in [0, 0.05) is 37.1 Å². The molecule has 3 rings (SSSR count). The van der Waals surface area contributed by atoms with Crippen molar-refractivity contribution in [1.29, 1.82) is 0 Å². The van der Waals surface area contributed by atoms with Crippen LogP contribution >= 0.6 is 0 Å². The summed E-state index contributed by atoms with van der Waals surface area (Å²) in [6, 6.07) is 13.4. The molecule has 1 aliphatic rings. The lowest BCUT2D eigenvalue weighted by atomic mass is 10.0. The first-order chi connectivity index (χ1) is 15.5. The molecule has 0 saturated carbocycles. The molecule has 0 atom stereocenters. The van der Waals surface area contributed by atoms with Gasteiger partial charge in [0.1, 0.15) is 0 Å². The number of nitrogens with one attached hydrogen (secondary N) is 1. The van der Waals surface area contributed by atoms with Crippen molar-refractivity contribution < 1.29 is 19.1 Å². The van der Waals surface area contributed by atoms with Crippen LogP contribution in [0.5, 0.6) is 11.5 Å². The largest absolute Gasteiger partial charge is 0.493 e. The Labute approximate surface area is 189 Å². The van der Waals surface area contributed by atoms with Crippen molar-refractivity contribution in [2.75, 3.05) is 26.1 Å². The molecule has 1 N–H and O–H groups in total. The number of carbonyl (C=O) groups is 2. The van der Waals surface area contributed by atoms with E-state index in [1.54, 1.807) is 19.2 Å². The summed E-state index contributed by atoms with van der Waals surface area (Å²) in [6.07, 6.45) is 4.12. The number of benzene rings is 2. The predicted molar refractivity (Wildman–Crippen MR) is 125 cm³/mol. The van der Waals surface area contributed by atoms with Gasteiger partial charge < -0.3 is 14.8 Å². The van der Waals surface area contributed by atoms with Crippen LogP contribution in [0.25, 0.3) is 0 Å². The summed E-state index contributed by atoms with van der Waals surface area (Å²) in [7, 11) is 3.20. The van der Waals surface area contributed by atoms with E-state index in [1.807, 2.05) is 42.5 Å². The molecular formula is C25H31N3O4. The number of nitrogens with zero attached hydrogens (tertiary/aromatic N) is 2. The van der Waals surface area contributed by atoms with Crippen molar-refractivity contribution in [2.45, 2.75) is 45.4 Å².